The summed E-state index contributed by atoms with van der Waals surface area (Å²) in [5.74, 6) is 0. The molecule has 1 aromatic carbocycles. The largest absolute Gasteiger partial charge is 0.391 e. The molecule has 0 saturated heterocycles. The van der Waals surface area contributed by atoms with Crippen molar-refractivity contribution in [3.05, 3.63) is 41.5 Å². The molecule has 0 unspecified atom stereocenters. The average molecular weight is 326 g/mol. The highest BCUT2D eigenvalue weighted by Crippen LogP contribution is 2.27. The zero-order valence-corrected chi connectivity index (χ0v) is 13.6. The molecule has 2 aromatic rings. The number of hydrogen-bond acceptors (Lipinski definition) is 5. The fourth-order valence-electron chi connectivity index (χ4n) is 1.83. The van der Waals surface area contributed by atoms with Crippen LogP contribution in [0.4, 0.5) is 5.69 Å². The van der Waals surface area contributed by atoms with E-state index >= 15 is 0 Å². The van der Waals surface area contributed by atoms with Gasteiger partial charge in [-0.2, -0.15) is 0 Å². The molecule has 1 aromatic heterocycles. The Kier molecular flexibility index (Phi) is 4.97. The van der Waals surface area contributed by atoms with Gasteiger partial charge in [0.1, 0.15) is 0 Å². The normalized spacial score (nSPS) is 13.1. The zero-order valence-electron chi connectivity index (χ0n) is 11.9. The lowest BCUT2D eigenvalue weighted by Crippen LogP contribution is -2.37. The van der Waals surface area contributed by atoms with Gasteiger partial charge < -0.3 is 5.11 Å². The van der Waals surface area contributed by atoms with Crippen LogP contribution in [0.25, 0.3) is 0 Å². The molecule has 0 aliphatic heterocycles. The Morgan fingerprint density at radius 3 is 2.52 bits per heavy atom. The van der Waals surface area contributed by atoms with E-state index in [1.165, 1.54) is 10.5 Å². The van der Waals surface area contributed by atoms with Crippen LogP contribution in [-0.4, -0.2) is 31.2 Å². The molecule has 21 heavy (non-hydrogen) atoms. The SMILES string of the molecule is CC[C@H](O)CN(c1ccccc1)S(=O)(=O)c1cnc(C)s1. The van der Waals surface area contributed by atoms with Crippen molar-refractivity contribution >= 4 is 27.0 Å². The van der Waals surface area contributed by atoms with Crippen LogP contribution >= 0.6 is 11.3 Å². The summed E-state index contributed by atoms with van der Waals surface area (Å²) in [7, 11) is -3.71. The maximum atomic E-state index is 12.8. The third-order valence-corrected chi connectivity index (χ3v) is 6.18. The number of para-hydroxylation sites is 1. The maximum absolute atomic E-state index is 12.8. The van der Waals surface area contributed by atoms with Gasteiger partial charge in [-0.05, 0) is 25.5 Å². The predicted molar refractivity (Wildman–Crippen MR) is 84.1 cm³/mol. The van der Waals surface area contributed by atoms with Crippen molar-refractivity contribution in [2.75, 3.05) is 10.8 Å². The molecule has 2 rings (SSSR count). The highest BCUT2D eigenvalue weighted by Gasteiger charge is 2.28. The Labute approximate surface area is 128 Å². The van der Waals surface area contributed by atoms with E-state index in [0.717, 1.165) is 11.3 Å². The number of anilines is 1. The van der Waals surface area contributed by atoms with Crippen molar-refractivity contribution < 1.29 is 13.5 Å². The second-order valence-electron chi connectivity index (χ2n) is 4.63. The Bertz CT molecular complexity index is 683. The minimum atomic E-state index is -3.71. The van der Waals surface area contributed by atoms with Gasteiger partial charge in [-0.15, -0.1) is 11.3 Å². The van der Waals surface area contributed by atoms with Crippen molar-refractivity contribution in [2.45, 2.75) is 30.6 Å². The van der Waals surface area contributed by atoms with Crippen LogP contribution in [0, 0.1) is 6.92 Å². The van der Waals surface area contributed by atoms with Gasteiger partial charge in [0.05, 0.1) is 29.5 Å². The summed E-state index contributed by atoms with van der Waals surface area (Å²) in [6.07, 6.45) is 1.14. The van der Waals surface area contributed by atoms with Gasteiger partial charge in [0, 0.05) is 0 Å². The summed E-state index contributed by atoms with van der Waals surface area (Å²) in [5.41, 5.74) is 0.538. The number of hydrogen-bond donors (Lipinski definition) is 1. The van der Waals surface area contributed by atoms with Crippen LogP contribution in [-0.2, 0) is 10.0 Å². The molecule has 0 aliphatic rings. The molecule has 114 valence electrons. The van der Waals surface area contributed by atoms with E-state index in [9.17, 15) is 13.5 Å². The van der Waals surface area contributed by atoms with Crippen LogP contribution in [0.3, 0.4) is 0 Å². The third-order valence-electron chi connectivity index (χ3n) is 3.04. The smallest absolute Gasteiger partial charge is 0.275 e. The van der Waals surface area contributed by atoms with Gasteiger partial charge in [-0.3, -0.25) is 4.31 Å². The Hall–Kier alpha value is -1.44. The highest BCUT2D eigenvalue weighted by molar-refractivity contribution is 7.94. The van der Waals surface area contributed by atoms with Gasteiger partial charge in [-0.1, -0.05) is 25.1 Å². The lowest BCUT2D eigenvalue weighted by atomic mass is 10.2. The summed E-state index contributed by atoms with van der Waals surface area (Å²) in [5, 5.41) is 10.6. The van der Waals surface area contributed by atoms with Gasteiger partial charge in [0.2, 0.25) is 0 Å². The fourth-order valence-corrected chi connectivity index (χ4v) is 4.55. The molecular weight excluding hydrogens is 308 g/mol. The minimum Gasteiger partial charge on any atom is -0.391 e. The Morgan fingerprint density at radius 1 is 1.33 bits per heavy atom. The fraction of sp³-hybridized carbons (Fsp3) is 0.357. The molecule has 0 aliphatic carbocycles. The van der Waals surface area contributed by atoms with Crippen LogP contribution in [0.1, 0.15) is 18.4 Å². The first-order valence-corrected chi connectivity index (χ1v) is 8.89. The van der Waals surface area contributed by atoms with E-state index in [-0.39, 0.29) is 10.8 Å². The van der Waals surface area contributed by atoms with Crippen molar-refractivity contribution in [3.8, 4) is 0 Å². The van der Waals surface area contributed by atoms with Gasteiger partial charge >= 0.3 is 0 Å². The molecule has 7 heteroatoms. The quantitative estimate of drug-likeness (QED) is 0.885. The predicted octanol–water partition coefficient (Wildman–Crippen LogP) is 2.42. The van der Waals surface area contributed by atoms with E-state index < -0.39 is 16.1 Å². The number of rotatable bonds is 6. The maximum Gasteiger partial charge on any atom is 0.275 e. The van der Waals surface area contributed by atoms with Crippen molar-refractivity contribution in [1.82, 2.24) is 4.98 Å². The molecule has 0 amide bonds. The summed E-state index contributed by atoms with van der Waals surface area (Å²) in [6, 6.07) is 8.80. The number of aryl methyl sites for hydroxylation is 1. The molecule has 0 saturated carbocycles. The lowest BCUT2D eigenvalue weighted by Gasteiger charge is -2.25. The number of benzene rings is 1. The molecule has 0 fully saturated rings. The Balaban J connectivity index is 2.44. The summed E-state index contributed by atoms with van der Waals surface area (Å²) >= 11 is 1.13. The third kappa shape index (κ3) is 3.61. The van der Waals surface area contributed by atoms with Crippen LogP contribution < -0.4 is 4.31 Å². The van der Waals surface area contributed by atoms with E-state index in [1.807, 2.05) is 13.0 Å². The number of aromatic nitrogens is 1. The molecule has 1 atom stereocenters. The van der Waals surface area contributed by atoms with Crippen molar-refractivity contribution in [2.24, 2.45) is 0 Å². The molecule has 1 heterocycles. The number of nitrogens with zero attached hydrogens (tertiary/aromatic N) is 2. The monoisotopic (exact) mass is 326 g/mol. The number of aliphatic hydroxyl groups excluding tert-OH is 1. The van der Waals surface area contributed by atoms with Gasteiger partial charge in [0.15, 0.2) is 4.21 Å². The van der Waals surface area contributed by atoms with E-state index in [0.29, 0.717) is 17.1 Å². The minimum absolute atomic E-state index is 0.0276. The summed E-state index contributed by atoms with van der Waals surface area (Å²) in [6.45, 7) is 3.61. The van der Waals surface area contributed by atoms with Crippen molar-refractivity contribution in [3.63, 3.8) is 0 Å². The summed E-state index contributed by atoms with van der Waals surface area (Å²) in [4.78, 5) is 4.01. The van der Waals surface area contributed by atoms with Crippen LogP contribution in [0.5, 0.6) is 0 Å². The first kappa shape index (κ1) is 15.9. The van der Waals surface area contributed by atoms with Gasteiger partial charge in [-0.25, -0.2) is 13.4 Å². The topological polar surface area (TPSA) is 70.5 Å². The molecular formula is C14H18N2O3S2. The summed E-state index contributed by atoms with van der Waals surface area (Å²) < 4.78 is 27.0. The molecule has 0 spiro atoms. The zero-order chi connectivity index (χ0) is 15.5. The number of sulfonamides is 1. The van der Waals surface area contributed by atoms with Crippen molar-refractivity contribution in [1.29, 1.82) is 0 Å². The average Bonchev–Trinajstić information content (AvgIpc) is 2.92. The van der Waals surface area contributed by atoms with Gasteiger partial charge in [0.25, 0.3) is 10.0 Å². The van der Waals surface area contributed by atoms with E-state index in [4.69, 9.17) is 0 Å². The lowest BCUT2D eigenvalue weighted by molar-refractivity contribution is 0.179. The Morgan fingerprint density at radius 2 is 2.00 bits per heavy atom. The second-order valence-corrected chi connectivity index (χ2v) is 7.96. The highest BCUT2D eigenvalue weighted by atomic mass is 32.2. The molecule has 5 nitrogen and oxygen atoms in total. The number of aliphatic hydroxyl groups is 1. The standard InChI is InChI=1S/C14H18N2O3S2/c1-3-13(17)10-16(12-7-5-4-6-8-12)21(18,19)14-9-15-11(2)20-14/h4-9,13,17H,3,10H2,1-2H3/t13-/m0/s1. The molecule has 0 radical (unpaired) electrons. The van der Waals surface area contributed by atoms with E-state index in [1.54, 1.807) is 31.2 Å². The molecule has 0 bridgehead atoms. The van der Waals surface area contributed by atoms with Crippen LogP contribution in [0.2, 0.25) is 0 Å². The van der Waals surface area contributed by atoms with E-state index in [2.05, 4.69) is 4.98 Å². The first-order chi connectivity index (χ1) is 9.95. The second kappa shape index (κ2) is 6.55. The number of thiazole rings is 1. The first-order valence-electron chi connectivity index (χ1n) is 6.63. The molecule has 1 N–H and O–H groups in total. The van der Waals surface area contributed by atoms with Crippen LogP contribution in [0.15, 0.2) is 40.7 Å².